The van der Waals surface area contributed by atoms with Crippen LogP contribution in [0.25, 0.3) is 0 Å². The molecule has 5 heteroatoms. The molecule has 1 fully saturated rings. The topological polar surface area (TPSA) is 55.1 Å². The summed E-state index contributed by atoms with van der Waals surface area (Å²) in [5, 5.41) is 13.3. The normalized spacial score (nSPS) is 15.8. The van der Waals surface area contributed by atoms with Crippen molar-refractivity contribution in [2.24, 2.45) is 0 Å². The molecule has 0 atom stereocenters. The van der Waals surface area contributed by atoms with E-state index in [-0.39, 0.29) is 6.42 Å². The zero-order valence-corrected chi connectivity index (χ0v) is 8.37. The SMILES string of the molecule is O=C(O)CCc1cnn(C2CC2)c1Cl. The Morgan fingerprint density at radius 2 is 2.43 bits per heavy atom. The van der Waals surface area contributed by atoms with Gasteiger partial charge in [0.25, 0.3) is 0 Å². The second kappa shape index (κ2) is 3.61. The van der Waals surface area contributed by atoms with Gasteiger partial charge in [0.05, 0.1) is 12.2 Å². The number of carboxylic acids is 1. The lowest BCUT2D eigenvalue weighted by Crippen LogP contribution is -1.98. The van der Waals surface area contributed by atoms with Crippen LogP contribution in [0, 0.1) is 0 Å². The van der Waals surface area contributed by atoms with Crippen molar-refractivity contribution in [1.82, 2.24) is 9.78 Å². The minimum absolute atomic E-state index is 0.107. The molecule has 14 heavy (non-hydrogen) atoms. The Bertz CT molecular complexity index is 358. The predicted octanol–water partition coefficient (Wildman–Crippen LogP) is 1.89. The van der Waals surface area contributed by atoms with E-state index in [9.17, 15) is 4.79 Å². The number of carboxylic acid groups (broad SMARTS) is 1. The second-order valence-corrected chi connectivity index (χ2v) is 3.89. The van der Waals surface area contributed by atoms with Crippen LogP contribution in [0.1, 0.15) is 30.9 Å². The number of rotatable bonds is 4. The van der Waals surface area contributed by atoms with Gasteiger partial charge in [-0.2, -0.15) is 5.10 Å². The van der Waals surface area contributed by atoms with Gasteiger partial charge >= 0.3 is 5.97 Å². The van der Waals surface area contributed by atoms with E-state index in [0.29, 0.717) is 17.6 Å². The summed E-state index contributed by atoms with van der Waals surface area (Å²) in [4.78, 5) is 10.4. The van der Waals surface area contributed by atoms with E-state index in [2.05, 4.69) is 5.10 Å². The molecule has 1 N–H and O–H groups in total. The van der Waals surface area contributed by atoms with Gasteiger partial charge < -0.3 is 5.11 Å². The van der Waals surface area contributed by atoms with Crippen molar-refractivity contribution < 1.29 is 9.90 Å². The van der Waals surface area contributed by atoms with Crippen molar-refractivity contribution in [3.63, 3.8) is 0 Å². The first-order valence-electron chi connectivity index (χ1n) is 4.62. The van der Waals surface area contributed by atoms with Gasteiger partial charge in [-0.05, 0) is 19.3 Å². The van der Waals surface area contributed by atoms with Crippen LogP contribution in [0.2, 0.25) is 5.15 Å². The highest BCUT2D eigenvalue weighted by Crippen LogP contribution is 2.37. The van der Waals surface area contributed by atoms with Crippen molar-refractivity contribution in [2.45, 2.75) is 31.7 Å². The third-order valence-corrected chi connectivity index (χ3v) is 2.72. The number of halogens is 1. The summed E-state index contributed by atoms with van der Waals surface area (Å²) in [5.41, 5.74) is 0.834. The van der Waals surface area contributed by atoms with Gasteiger partial charge in [0.1, 0.15) is 5.15 Å². The zero-order chi connectivity index (χ0) is 10.1. The van der Waals surface area contributed by atoms with E-state index in [1.54, 1.807) is 10.9 Å². The molecule has 0 aromatic carbocycles. The number of aryl methyl sites for hydroxylation is 1. The Morgan fingerprint density at radius 1 is 1.71 bits per heavy atom. The van der Waals surface area contributed by atoms with Gasteiger partial charge in [-0.15, -0.1) is 0 Å². The summed E-state index contributed by atoms with van der Waals surface area (Å²) in [6.07, 6.45) is 4.49. The molecular weight excluding hydrogens is 204 g/mol. The minimum Gasteiger partial charge on any atom is -0.481 e. The Kier molecular flexibility index (Phi) is 2.46. The number of aromatic nitrogens is 2. The Balaban J connectivity index is 2.06. The smallest absolute Gasteiger partial charge is 0.303 e. The number of aliphatic carboxylic acids is 1. The molecule has 1 aliphatic rings. The van der Waals surface area contributed by atoms with Crippen molar-refractivity contribution >= 4 is 17.6 Å². The van der Waals surface area contributed by atoms with Crippen LogP contribution in [-0.4, -0.2) is 20.9 Å². The van der Waals surface area contributed by atoms with E-state index < -0.39 is 5.97 Å². The molecule has 1 aromatic heterocycles. The van der Waals surface area contributed by atoms with Gasteiger partial charge in [0.2, 0.25) is 0 Å². The second-order valence-electron chi connectivity index (χ2n) is 3.53. The van der Waals surface area contributed by atoms with Gasteiger partial charge in [-0.3, -0.25) is 9.48 Å². The fraction of sp³-hybridized carbons (Fsp3) is 0.556. The van der Waals surface area contributed by atoms with Crippen molar-refractivity contribution in [3.05, 3.63) is 16.9 Å². The van der Waals surface area contributed by atoms with Crippen LogP contribution in [-0.2, 0) is 11.2 Å². The third kappa shape index (κ3) is 1.90. The van der Waals surface area contributed by atoms with Crippen LogP contribution in [0.4, 0.5) is 0 Å². The quantitative estimate of drug-likeness (QED) is 0.833. The number of hydrogen-bond acceptors (Lipinski definition) is 2. The summed E-state index contributed by atoms with van der Waals surface area (Å²) in [5.74, 6) is -0.805. The molecule has 1 saturated carbocycles. The molecule has 0 amide bonds. The van der Waals surface area contributed by atoms with Crippen molar-refractivity contribution in [2.75, 3.05) is 0 Å². The summed E-state index contributed by atoms with van der Waals surface area (Å²) in [7, 11) is 0. The molecule has 0 unspecified atom stereocenters. The molecule has 1 aliphatic carbocycles. The summed E-state index contributed by atoms with van der Waals surface area (Å²) in [6, 6.07) is 0.445. The average Bonchev–Trinajstić information content (AvgIpc) is 2.89. The highest BCUT2D eigenvalue weighted by atomic mass is 35.5. The van der Waals surface area contributed by atoms with E-state index in [1.807, 2.05) is 0 Å². The monoisotopic (exact) mass is 214 g/mol. The van der Waals surface area contributed by atoms with Crippen LogP contribution in [0.3, 0.4) is 0 Å². The first-order valence-corrected chi connectivity index (χ1v) is 5.00. The molecule has 1 heterocycles. The van der Waals surface area contributed by atoms with E-state index in [4.69, 9.17) is 16.7 Å². The predicted molar refractivity (Wildman–Crippen MR) is 51.5 cm³/mol. The molecule has 0 saturated heterocycles. The Hall–Kier alpha value is -1.03. The lowest BCUT2D eigenvalue weighted by molar-refractivity contribution is -0.136. The number of nitrogens with zero attached hydrogens (tertiary/aromatic N) is 2. The van der Waals surface area contributed by atoms with Crippen LogP contribution >= 0.6 is 11.6 Å². The molecule has 2 rings (SSSR count). The molecule has 4 nitrogen and oxygen atoms in total. The van der Waals surface area contributed by atoms with E-state index >= 15 is 0 Å². The molecule has 1 aromatic rings. The minimum atomic E-state index is -0.805. The zero-order valence-electron chi connectivity index (χ0n) is 7.61. The van der Waals surface area contributed by atoms with Crippen molar-refractivity contribution in [3.8, 4) is 0 Å². The lowest BCUT2D eigenvalue weighted by atomic mass is 10.2. The summed E-state index contributed by atoms with van der Waals surface area (Å²) >= 11 is 6.05. The largest absolute Gasteiger partial charge is 0.481 e. The van der Waals surface area contributed by atoms with Crippen LogP contribution in [0.15, 0.2) is 6.20 Å². The Labute approximate surface area is 86.5 Å². The lowest BCUT2D eigenvalue weighted by Gasteiger charge is -1.99. The summed E-state index contributed by atoms with van der Waals surface area (Å²) < 4.78 is 1.79. The highest BCUT2D eigenvalue weighted by molar-refractivity contribution is 6.30. The maximum absolute atomic E-state index is 10.4. The molecule has 0 radical (unpaired) electrons. The first kappa shape index (κ1) is 9.52. The van der Waals surface area contributed by atoms with Crippen LogP contribution in [0.5, 0.6) is 0 Å². The fourth-order valence-corrected chi connectivity index (χ4v) is 1.69. The first-order chi connectivity index (χ1) is 6.68. The molecule has 0 bridgehead atoms. The van der Waals surface area contributed by atoms with E-state index in [1.165, 1.54) is 0 Å². The standard InChI is InChI=1S/C9H11ClN2O2/c10-9-6(1-4-8(13)14)5-11-12(9)7-2-3-7/h5,7H,1-4H2,(H,13,14). The maximum Gasteiger partial charge on any atom is 0.303 e. The van der Waals surface area contributed by atoms with Crippen LogP contribution < -0.4 is 0 Å². The molecular formula is C9H11ClN2O2. The maximum atomic E-state index is 10.4. The third-order valence-electron chi connectivity index (χ3n) is 2.31. The Morgan fingerprint density at radius 3 is 3.00 bits per heavy atom. The highest BCUT2D eigenvalue weighted by Gasteiger charge is 2.27. The fourth-order valence-electron chi connectivity index (χ4n) is 1.37. The van der Waals surface area contributed by atoms with Gasteiger partial charge in [-0.25, -0.2) is 0 Å². The molecule has 0 aliphatic heterocycles. The molecule has 76 valence electrons. The van der Waals surface area contributed by atoms with Gasteiger partial charge in [0.15, 0.2) is 0 Å². The molecule has 0 spiro atoms. The van der Waals surface area contributed by atoms with E-state index in [0.717, 1.165) is 18.4 Å². The number of carbonyl (C=O) groups is 1. The van der Waals surface area contributed by atoms with Gasteiger partial charge in [0, 0.05) is 12.0 Å². The number of hydrogen-bond donors (Lipinski definition) is 1. The average molecular weight is 215 g/mol. The van der Waals surface area contributed by atoms with Gasteiger partial charge in [-0.1, -0.05) is 11.6 Å². The summed E-state index contributed by atoms with van der Waals surface area (Å²) in [6.45, 7) is 0. The van der Waals surface area contributed by atoms with Crippen molar-refractivity contribution in [1.29, 1.82) is 0 Å².